The number of hydrogen-bond acceptors (Lipinski definition) is 8. The molecular formula is C23H23F4N7O2S. The number of alkyl halides is 4. The Kier molecular flexibility index (Phi) is 7.97. The second kappa shape index (κ2) is 11.2. The van der Waals surface area contributed by atoms with Gasteiger partial charge in [0.25, 0.3) is 11.8 Å². The van der Waals surface area contributed by atoms with Crippen LogP contribution in [0, 0.1) is 6.92 Å². The fourth-order valence-electron chi connectivity index (χ4n) is 3.77. The number of hydrogen-bond donors (Lipinski definition) is 2. The molecule has 196 valence electrons. The van der Waals surface area contributed by atoms with Gasteiger partial charge in [0.1, 0.15) is 17.5 Å². The Labute approximate surface area is 213 Å². The van der Waals surface area contributed by atoms with Crippen LogP contribution in [0.25, 0.3) is 0 Å². The number of aromatic nitrogens is 3. The first-order chi connectivity index (χ1) is 17.7. The Morgan fingerprint density at radius 3 is 2.43 bits per heavy atom. The van der Waals surface area contributed by atoms with Crippen molar-refractivity contribution in [3.63, 3.8) is 0 Å². The van der Waals surface area contributed by atoms with Gasteiger partial charge in [0.15, 0.2) is 5.69 Å². The van der Waals surface area contributed by atoms with E-state index in [0.29, 0.717) is 55.9 Å². The molecule has 0 bridgehead atoms. The summed E-state index contributed by atoms with van der Waals surface area (Å²) in [7, 11) is 0. The maximum atomic E-state index is 13.0. The number of rotatable bonds is 7. The normalized spacial score (nSPS) is 14.5. The number of carbonyl (C=O) groups is 2. The summed E-state index contributed by atoms with van der Waals surface area (Å²) in [6.45, 7) is 3.78. The molecule has 1 aromatic carbocycles. The molecule has 1 aliphatic rings. The Morgan fingerprint density at radius 2 is 1.78 bits per heavy atom. The maximum Gasteiger partial charge on any atom is 0.434 e. The molecule has 9 nitrogen and oxygen atoms in total. The van der Waals surface area contributed by atoms with Crippen LogP contribution in [0.4, 0.5) is 34.1 Å². The smallest absolute Gasteiger partial charge is 0.336 e. The van der Waals surface area contributed by atoms with Crippen molar-refractivity contribution >= 4 is 39.9 Å². The Hall–Kier alpha value is -3.65. The second-order valence-electron chi connectivity index (χ2n) is 8.24. The van der Waals surface area contributed by atoms with Crippen molar-refractivity contribution in [3.05, 3.63) is 59.2 Å². The van der Waals surface area contributed by atoms with Gasteiger partial charge in [0.2, 0.25) is 0 Å². The third kappa shape index (κ3) is 6.38. The number of carbonyl (C=O) groups excluding carboxylic acids is 2. The fraction of sp³-hybridized carbons (Fsp3) is 0.348. The summed E-state index contributed by atoms with van der Waals surface area (Å²) in [4.78, 5) is 36.5. The van der Waals surface area contributed by atoms with E-state index in [1.165, 1.54) is 0 Å². The Balaban J connectivity index is 1.41. The summed E-state index contributed by atoms with van der Waals surface area (Å²) in [5, 5.41) is 5.62. The van der Waals surface area contributed by atoms with E-state index in [4.69, 9.17) is 0 Å². The zero-order valence-electron chi connectivity index (χ0n) is 19.7. The van der Waals surface area contributed by atoms with E-state index < -0.39 is 24.5 Å². The van der Waals surface area contributed by atoms with Gasteiger partial charge in [0.05, 0.1) is 23.7 Å². The highest BCUT2D eigenvalue weighted by molar-refractivity contribution is 7.10. The lowest BCUT2D eigenvalue weighted by atomic mass is 10.1. The number of nitrogens with zero attached hydrogens (tertiary/aromatic N) is 5. The maximum absolute atomic E-state index is 13.0. The summed E-state index contributed by atoms with van der Waals surface area (Å²) >= 11 is 0.903. The molecule has 3 heterocycles. The highest BCUT2D eigenvalue weighted by Crippen LogP contribution is 2.31. The van der Waals surface area contributed by atoms with Crippen molar-refractivity contribution in [1.29, 1.82) is 0 Å². The van der Waals surface area contributed by atoms with Gasteiger partial charge in [-0.25, -0.2) is 9.37 Å². The SMILES string of the molecule is Cc1nsc(Nc2cncc(C(F)(F)F)n2)c1C(=O)Nc1ccc(C(=O)N2CCN(CCF)CC2)cc1. The predicted molar refractivity (Wildman–Crippen MR) is 130 cm³/mol. The molecule has 2 amide bonds. The van der Waals surface area contributed by atoms with Crippen LogP contribution < -0.4 is 10.6 Å². The van der Waals surface area contributed by atoms with Crippen LogP contribution in [0.2, 0.25) is 0 Å². The molecule has 1 saturated heterocycles. The molecule has 4 rings (SSSR count). The van der Waals surface area contributed by atoms with Crippen LogP contribution in [0.1, 0.15) is 32.1 Å². The van der Waals surface area contributed by atoms with E-state index >= 15 is 0 Å². The summed E-state index contributed by atoms with van der Waals surface area (Å²) < 4.78 is 55.5. The lowest BCUT2D eigenvalue weighted by Crippen LogP contribution is -2.49. The molecule has 0 saturated carbocycles. The number of amides is 2. The minimum Gasteiger partial charge on any atom is -0.336 e. The van der Waals surface area contributed by atoms with Crippen molar-refractivity contribution in [2.24, 2.45) is 0 Å². The van der Waals surface area contributed by atoms with Gasteiger partial charge in [-0.1, -0.05) is 0 Å². The van der Waals surface area contributed by atoms with Gasteiger partial charge < -0.3 is 15.5 Å². The average molecular weight is 538 g/mol. The number of benzene rings is 1. The van der Waals surface area contributed by atoms with E-state index in [2.05, 4.69) is 25.0 Å². The Bertz CT molecular complexity index is 1260. The van der Waals surface area contributed by atoms with Gasteiger partial charge in [-0.15, -0.1) is 0 Å². The number of halogens is 4. The molecule has 14 heteroatoms. The van der Waals surface area contributed by atoms with Crippen LogP contribution in [0.3, 0.4) is 0 Å². The molecule has 1 fully saturated rings. The van der Waals surface area contributed by atoms with Crippen LogP contribution >= 0.6 is 11.5 Å². The summed E-state index contributed by atoms with van der Waals surface area (Å²) in [6.07, 6.45) is -2.94. The first-order valence-electron chi connectivity index (χ1n) is 11.3. The summed E-state index contributed by atoms with van der Waals surface area (Å²) in [5.74, 6) is -0.859. The number of piperazine rings is 1. The van der Waals surface area contributed by atoms with Gasteiger partial charge in [-0.3, -0.25) is 19.5 Å². The zero-order chi connectivity index (χ0) is 26.6. The molecule has 0 spiro atoms. The minimum atomic E-state index is -4.66. The highest BCUT2D eigenvalue weighted by Gasteiger charge is 2.33. The molecule has 1 aliphatic heterocycles. The summed E-state index contributed by atoms with van der Waals surface area (Å²) in [5.41, 5.74) is 0.237. The van der Waals surface area contributed by atoms with Crippen LogP contribution in [-0.2, 0) is 6.18 Å². The standard InChI is InChI=1S/C23H23F4N7O2S/c1-14-19(21(37-32-14)31-18-13-28-12-17(30-18)23(25,26)27)20(35)29-16-4-2-15(3-5-16)22(36)34-10-8-33(7-6-24)9-11-34/h2-5,12-13H,6-11H2,1H3,(H,29,35)(H,30,31). The van der Waals surface area contributed by atoms with E-state index in [-0.39, 0.29) is 22.3 Å². The topological polar surface area (TPSA) is 103 Å². The van der Waals surface area contributed by atoms with Crippen LogP contribution in [0.15, 0.2) is 36.7 Å². The molecular weight excluding hydrogens is 514 g/mol. The van der Waals surface area contributed by atoms with Gasteiger partial charge in [-0.05, 0) is 42.7 Å². The predicted octanol–water partition coefficient (Wildman–Crippen LogP) is 3.98. The lowest BCUT2D eigenvalue weighted by Gasteiger charge is -2.34. The molecule has 37 heavy (non-hydrogen) atoms. The average Bonchev–Trinajstić information content (AvgIpc) is 3.24. The number of nitrogens with one attached hydrogen (secondary N) is 2. The first kappa shape index (κ1) is 26.4. The van der Waals surface area contributed by atoms with Crippen molar-refractivity contribution in [3.8, 4) is 0 Å². The lowest BCUT2D eigenvalue weighted by molar-refractivity contribution is -0.141. The zero-order valence-corrected chi connectivity index (χ0v) is 20.5. The van der Waals surface area contributed by atoms with E-state index in [1.54, 1.807) is 36.1 Å². The molecule has 0 aliphatic carbocycles. The van der Waals surface area contributed by atoms with Crippen molar-refractivity contribution in [2.45, 2.75) is 13.1 Å². The van der Waals surface area contributed by atoms with Crippen LogP contribution in [0.5, 0.6) is 0 Å². The third-order valence-electron chi connectivity index (χ3n) is 5.71. The molecule has 0 radical (unpaired) electrons. The van der Waals surface area contributed by atoms with Crippen molar-refractivity contribution < 1.29 is 27.2 Å². The van der Waals surface area contributed by atoms with Gasteiger partial charge in [-0.2, -0.15) is 17.5 Å². The fourth-order valence-corrected chi connectivity index (χ4v) is 4.57. The highest BCUT2D eigenvalue weighted by atomic mass is 32.1. The molecule has 0 unspecified atom stereocenters. The van der Waals surface area contributed by atoms with Crippen molar-refractivity contribution in [2.75, 3.05) is 50.0 Å². The quantitative estimate of drug-likeness (QED) is 0.440. The minimum absolute atomic E-state index is 0.149. The van der Waals surface area contributed by atoms with E-state index in [1.807, 2.05) is 4.90 Å². The molecule has 2 N–H and O–H groups in total. The third-order valence-corrected chi connectivity index (χ3v) is 6.56. The summed E-state index contributed by atoms with van der Waals surface area (Å²) in [6, 6.07) is 6.37. The number of aryl methyl sites for hydroxylation is 1. The van der Waals surface area contributed by atoms with E-state index in [9.17, 15) is 27.2 Å². The van der Waals surface area contributed by atoms with Gasteiger partial charge >= 0.3 is 6.18 Å². The molecule has 0 atom stereocenters. The largest absolute Gasteiger partial charge is 0.434 e. The van der Waals surface area contributed by atoms with E-state index in [0.717, 1.165) is 17.7 Å². The van der Waals surface area contributed by atoms with Gasteiger partial charge in [0, 0.05) is 44.0 Å². The first-order valence-corrected chi connectivity index (χ1v) is 12.0. The molecule has 3 aromatic rings. The second-order valence-corrected chi connectivity index (χ2v) is 9.01. The Morgan fingerprint density at radius 1 is 1.08 bits per heavy atom. The monoisotopic (exact) mass is 537 g/mol. The molecule has 2 aromatic heterocycles. The van der Waals surface area contributed by atoms with Crippen molar-refractivity contribution in [1.82, 2.24) is 24.1 Å². The number of anilines is 3. The van der Waals surface area contributed by atoms with Crippen LogP contribution in [-0.4, -0.2) is 75.4 Å².